The molecule has 0 bridgehead atoms. The fraction of sp³-hybridized carbons (Fsp3) is 0.318. The smallest absolute Gasteiger partial charge is 0.291 e. The maximum absolute atomic E-state index is 12.7. The molecule has 0 fully saturated rings. The third kappa shape index (κ3) is 5.88. The Bertz CT molecular complexity index is 1060. The molecule has 0 radical (unpaired) electrons. The summed E-state index contributed by atoms with van der Waals surface area (Å²) in [5.41, 5.74) is 0.475. The molecule has 31 heavy (non-hydrogen) atoms. The van der Waals surface area contributed by atoms with Crippen LogP contribution in [0.1, 0.15) is 47.6 Å². The summed E-state index contributed by atoms with van der Waals surface area (Å²) in [4.78, 5) is 25.1. The van der Waals surface area contributed by atoms with Crippen LogP contribution in [0, 0.1) is 5.92 Å². The monoisotopic (exact) mass is 444 g/mol. The first-order valence-corrected chi connectivity index (χ1v) is 10.4. The number of carbonyl (C=O) groups is 2. The van der Waals surface area contributed by atoms with Gasteiger partial charge >= 0.3 is 0 Å². The van der Waals surface area contributed by atoms with Crippen LogP contribution in [-0.2, 0) is 13.2 Å². The highest BCUT2D eigenvalue weighted by Gasteiger charge is 2.20. The second-order valence-corrected chi connectivity index (χ2v) is 7.70. The number of aromatic nitrogens is 2. The van der Waals surface area contributed by atoms with E-state index in [1.54, 1.807) is 35.1 Å². The van der Waals surface area contributed by atoms with Gasteiger partial charge < -0.3 is 19.8 Å². The minimum Gasteiger partial charge on any atom is -0.484 e. The van der Waals surface area contributed by atoms with E-state index in [9.17, 15) is 9.59 Å². The Labute approximate surface area is 185 Å². The van der Waals surface area contributed by atoms with Crippen LogP contribution >= 0.6 is 11.6 Å². The number of aryl methyl sites for hydroxylation is 1. The number of hydrogen-bond donors (Lipinski definition) is 2. The van der Waals surface area contributed by atoms with E-state index >= 15 is 0 Å². The predicted molar refractivity (Wildman–Crippen MR) is 118 cm³/mol. The van der Waals surface area contributed by atoms with Crippen LogP contribution in [0.4, 0.5) is 5.69 Å². The standard InChI is InChI=1S/C22H25ClN4O4/c1-4-27-12-17(20(26-27)22(29)24-11-14(2)3)25-21(28)19-10-9-15(31-19)13-30-18-8-6-5-7-16(18)23/h5-10,12,14H,4,11,13H2,1-3H3,(H,24,29)(H,25,28). The Morgan fingerprint density at radius 2 is 1.97 bits per heavy atom. The number of nitrogens with one attached hydrogen (secondary N) is 2. The number of ether oxygens (including phenoxy) is 1. The van der Waals surface area contributed by atoms with E-state index in [1.807, 2.05) is 32.9 Å². The second-order valence-electron chi connectivity index (χ2n) is 7.29. The van der Waals surface area contributed by atoms with Crippen molar-refractivity contribution in [3.63, 3.8) is 0 Å². The zero-order valence-corrected chi connectivity index (χ0v) is 18.4. The molecule has 0 saturated heterocycles. The van der Waals surface area contributed by atoms with E-state index in [1.165, 1.54) is 0 Å². The van der Waals surface area contributed by atoms with Crippen molar-refractivity contribution in [2.45, 2.75) is 33.9 Å². The van der Waals surface area contributed by atoms with Gasteiger partial charge in [-0.25, -0.2) is 0 Å². The highest BCUT2D eigenvalue weighted by molar-refractivity contribution is 6.32. The first-order chi connectivity index (χ1) is 14.9. The van der Waals surface area contributed by atoms with Crippen molar-refractivity contribution in [1.82, 2.24) is 15.1 Å². The highest BCUT2D eigenvalue weighted by Crippen LogP contribution is 2.24. The number of para-hydroxylation sites is 1. The summed E-state index contributed by atoms with van der Waals surface area (Å²) in [7, 11) is 0. The molecule has 0 aliphatic carbocycles. The van der Waals surface area contributed by atoms with Crippen LogP contribution in [0.25, 0.3) is 0 Å². The lowest BCUT2D eigenvalue weighted by atomic mass is 10.2. The van der Waals surface area contributed by atoms with Crippen molar-refractivity contribution in [3.8, 4) is 5.75 Å². The number of anilines is 1. The summed E-state index contributed by atoms with van der Waals surface area (Å²) in [6.07, 6.45) is 1.62. The van der Waals surface area contributed by atoms with E-state index in [0.717, 1.165) is 0 Å². The van der Waals surface area contributed by atoms with Gasteiger partial charge in [0.05, 0.1) is 10.7 Å². The van der Waals surface area contributed by atoms with Crippen LogP contribution in [0.15, 0.2) is 47.0 Å². The van der Waals surface area contributed by atoms with Crippen molar-refractivity contribution in [1.29, 1.82) is 0 Å². The Morgan fingerprint density at radius 1 is 1.19 bits per heavy atom. The SMILES string of the molecule is CCn1cc(NC(=O)c2ccc(COc3ccccc3Cl)o2)c(C(=O)NCC(C)C)n1. The maximum atomic E-state index is 12.7. The maximum Gasteiger partial charge on any atom is 0.291 e. The molecule has 9 heteroatoms. The van der Waals surface area contributed by atoms with Crippen molar-refractivity contribution in [3.05, 3.63) is 64.8 Å². The summed E-state index contributed by atoms with van der Waals surface area (Å²) in [6, 6.07) is 10.3. The third-order valence-corrected chi connectivity index (χ3v) is 4.62. The van der Waals surface area contributed by atoms with Gasteiger partial charge in [0.25, 0.3) is 11.8 Å². The zero-order chi connectivity index (χ0) is 22.4. The summed E-state index contributed by atoms with van der Waals surface area (Å²) in [6.45, 7) is 7.08. The van der Waals surface area contributed by atoms with Crippen LogP contribution in [0.2, 0.25) is 5.02 Å². The first-order valence-electron chi connectivity index (χ1n) is 10.0. The molecular weight excluding hydrogens is 420 g/mol. The minimum absolute atomic E-state index is 0.0931. The number of benzene rings is 1. The van der Waals surface area contributed by atoms with E-state index in [-0.39, 0.29) is 24.0 Å². The molecule has 164 valence electrons. The van der Waals surface area contributed by atoms with Gasteiger partial charge in [-0.2, -0.15) is 5.10 Å². The fourth-order valence-corrected chi connectivity index (χ4v) is 2.89. The Morgan fingerprint density at radius 3 is 2.68 bits per heavy atom. The molecule has 0 saturated carbocycles. The molecule has 0 unspecified atom stereocenters. The highest BCUT2D eigenvalue weighted by atomic mass is 35.5. The topological polar surface area (TPSA) is 98.4 Å². The predicted octanol–water partition coefficient (Wildman–Crippen LogP) is 4.37. The number of rotatable bonds is 9. The van der Waals surface area contributed by atoms with Crippen LogP contribution < -0.4 is 15.4 Å². The summed E-state index contributed by atoms with van der Waals surface area (Å²) in [5.74, 6) is 0.544. The van der Waals surface area contributed by atoms with Crippen LogP contribution in [0.3, 0.4) is 0 Å². The minimum atomic E-state index is -0.488. The molecule has 8 nitrogen and oxygen atoms in total. The molecule has 3 rings (SSSR count). The lowest BCUT2D eigenvalue weighted by Gasteiger charge is -2.07. The number of halogens is 1. The second kappa shape index (κ2) is 10.2. The molecule has 2 N–H and O–H groups in total. The molecule has 0 spiro atoms. The molecule has 2 heterocycles. The van der Waals surface area contributed by atoms with Gasteiger partial charge in [0.15, 0.2) is 11.5 Å². The summed E-state index contributed by atoms with van der Waals surface area (Å²) >= 11 is 6.07. The van der Waals surface area contributed by atoms with Crippen molar-refractivity contribution < 1.29 is 18.7 Å². The fourth-order valence-electron chi connectivity index (χ4n) is 2.70. The Balaban J connectivity index is 1.67. The molecule has 2 aromatic heterocycles. The molecule has 3 aromatic rings. The van der Waals surface area contributed by atoms with Gasteiger partial charge in [-0.05, 0) is 37.1 Å². The van der Waals surface area contributed by atoms with Gasteiger partial charge in [-0.1, -0.05) is 37.6 Å². The lowest BCUT2D eigenvalue weighted by Crippen LogP contribution is -2.28. The normalized spacial score (nSPS) is 10.9. The van der Waals surface area contributed by atoms with Gasteiger partial charge in [-0.15, -0.1) is 0 Å². The van der Waals surface area contributed by atoms with Crippen LogP contribution in [0.5, 0.6) is 5.75 Å². The largest absolute Gasteiger partial charge is 0.484 e. The Hall–Kier alpha value is -3.26. The number of hydrogen-bond acceptors (Lipinski definition) is 5. The van der Waals surface area contributed by atoms with E-state index in [0.29, 0.717) is 41.2 Å². The number of nitrogens with zero attached hydrogens (tertiary/aromatic N) is 2. The number of carbonyl (C=O) groups excluding carboxylic acids is 2. The molecule has 1 aromatic carbocycles. The van der Waals surface area contributed by atoms with E-state index in [4.69, 9.17) is 20.8 Å². The summed E-state index contributed by atoms with van der Waals surface area (Å²) in [5, 5.41) is 10.3. The quantitative estimate of drug-likeness (QED) is 0.510. The van der Waals surface area contributed by atoms with Gasteiger partial charge in [0.2, 0.25) is 0 Å². The van der Waals surface area contributed by atoms with E-state index in [2.05, 4.69) is 15.7 Å². The molecule has 0 atom stereocenters. The van der Waals surface area contributed by atoms with Crippen molar-refractivity contribution in [2.75, 3.05) is 11.9 Å². The van der Waals surface area contributed by atoms with Gasteiger partial charge in [0.1, 0.15) is 18.1 Å². The summed E-state index contributed by atoms with van der Waals surface area (Å²) < 4.78 is 12.8. The molecular formula is C22H25ClN4O4. The third-order valence-electron chi connectivity index (χ3n) is 4.31. The Kier molecular flexibility index (Phi) is 7.36. The van der Waals surface area contributed by atoms with Crippen molar-refractivity contribution >= 4 is 29.1 Å². The van der Waals surface area contributed by atoms with Crippen molar-refractivity contribution in [2.24, 2.45) is 5.92 Å². The lowest BCUT2D eigenvalue weighted by molar-refractivity contribution is 0.0944. The average molecular weight is 445 g/mol. The van der Waals surface area contributed by atoms with Crippen LogP contribution in [-0.4, -0.2) is 28.1 Å². The van der Waals surface area contributed by atoms with Gasteiger partial charge in [0, 0.05) is 19.3 Å². The van der Waals surface area contributed by atoms with Gasteiger partial charge in [-0.3, -0.25) is 14.3 Å². The van der Waals surface area contributed by atoms with E-state index < -0.39 is 5.91 Å². The average Bonchev–Trinajstić information content (AvgIpc) is 3.38. The zero-order valence-electron chi connectivity index (χ0n) is 17.6. The molecule has 0 aliphatic rings. The molecule has 2 amide bonds. The number of amides is 2. The first kappa shape index (κ1) is 22.4. The molecule has 0 aliphatic heterocycles. The number of furan rings is 1.